The van der Waals surface area contributed by atoms with Gasteiger partial charge in [-0.25, -0.2) is 9.97 Å². The molecule has 1 aromatic heterocycles. The van der Waals surface area contributed by atoms with Gasteiger partial charge in [0.05, 0.1) is 6.61 Å². The molecule has 8 heteroatoms. The zero-order chi connectivity index (χ0) is 15.3. The van der Waals surface area contributed by atoms with Crippen LogP contribution in [0, 0.1) is 5.92 Å². The highest BCUT2D eigenvalue weighted by molar-refractivity contribution is 5.47. The molecule has 0 amide bonds. The normalized spacial score (nSPS) is 18.8. The summed E-state index contributed by atoms with van der Waals surface area (Å²) in [6, 6.07) is 1.50. The molecule has 21 heavy (non-hydrogen) atoms. The first-order valence-corrected chi connectivity index (χ1v) is 7.01. The number of anilines is 2. The van der Waals surface area contributed by atoms with E-state index in [0.717, 1.165) is 12.8 Å². The summed E-state index contributed by atoms with van der Waals surface area (Å²) in [6.45, 7) is 4.36. The molecule has 1 saturated heterocycles. The molecule has 0 saturated carbocycles. The summed E-state index contributed by atoms with van der Waals surface area (Å²) in [5.74, 6) is -0.456. The molecule has 0 spiro atoms. The molecule has 0 radical (unpaired) electrons. The van der Waals surface area contributed by atoms with Crippen LogP contribution >= 0.6 is 0 Å². The molecule has 5 nitrogen and oxygen atoms in total. The van der Waals surface area contributed by atoms with E-state index in [0.29, 0.717) is 32.2 Å². The van der Waals surface area contributed by atoms with E-state index in [4.69, 9.17) is 4.74 Å². The second-order valence-electron chi connectivity index (χ2n) is 5.00. The topological polar surface area (TPSA) is 59.1 Å². The Balaban J connectivity index is 2.09. The van der Waals surface area contributed by atoms with Crippen LogP contribution in [0.4, 0.5) is 24.8 Å². The van der Waals surface area contributed by atoms with Gasteiger partial charge < -0.3 is 15.4 Å². The van der Waals surface area contributed by atoms with E-state index in [1.807, 2.05) is 6.92 Å². The second-order valence-corrected chi connectivity index (χ2v) is 5.00. The van der Waals surface area contributed by atoms with Crippen molar-refractivity contribution in [1.82, 2.24) is 9.97 Å². The molecule has 1 aromatic rings. The highest BCUT2D eigenvalue weighted by atomic mass is 19.4. The van der Waals surface area contributed by atoms with Crippen molar-refractivity contribution < 1.29 is 17.9 Å². The summed E-state index contributed by atoms with van der Waals surface area (Å²) in [5.41, 5.74) is 0. The molecular weight excluding hydrogens is 285 g/mol. The fourth-order valence-electron chi connectivity index (χ4n) is 2.00. The van der Waals surface area contributed by atoms with Crippen LogP contribution in [0.3, 0.4) is 0 Å². The molecule has 1 fully saturated rings. The van der Waals surface area contributed by atoms with Crippen LogP contribution in [0.25, 0.3) is 0 Å². The smallest absolute Gasteiger partial charge is 0.381 e. The van der Waals surface area contributed by atoms with Crippen molar-refractivity contribution in [3.8, 4) is 0 Å². The molecule has 2 N–H and O–H groups in total. The van der Waals surface area contributed by atoms with Gasteiger partial charge in [0, 0.05) is 31.7 Å². The van der Waals surface area contributed by atoms with E-state index < -0.39 is 12.0 Å². The Morgan fingerprint density at radius 2 is 2.00 bits per heavy atom. The highest BCUT2D eigenvalue weighted by Gasteiger charge is 2.35. The molecule has 0 bridgehead atoms. The zero-order valence-corrected chi connectivity index (χ0v) is 11.8. The van der Waals surface area contributed by atoms with Gasteiger partial charge >= 0.3 is 6.18 Å². The van der Waals surface area contributed by atoms with Crippen LogP contribution < -0.4 is 10.6 Å². The highest BCUT2D eigenvalue weighted by Crippen LogP contribution is 2.28. The first-order chi connectivity index (χ1) is 9.99. The lowest BCUT2D eigenvalue weighted by atomic mass is 10.1. The van der Waals surface area contributed by atoms with Gasteiger partial charge in [0.1, 0.15) is 11.6 Å². The fraction of sp³-hybridized carbons (Fsp3) is 0.692. The maximum Gasteiger partial charge on any atom is 0.451 e. The standard InChI is InChI=1S/C13H19F3N4O/c1-2-4-17-10-6-11(18-7-9-3-5-21-8-9)20-12(19-10)13(14,15)16/h6,9H,2-5,7-8H2,1H3,(H2,17,18,19,20). The Kier molecular flexibility index (Phi) is 5.22. The predicted molar refractivity (Wildman–Crippen MR) is 73.2 cm³/mol. The van der Waals surface area contributed by atoms with Crippen LogP contribution in [0.2, 0.25) is 0 Å². The molecule has 1 aliphatic heterocycles. The van der Waals surface area contributed by atoms with Crippen LogP contribution in [-0.4, -0.2) is 36.3 Å². The maximum atomic E-state index is 12.8. The average molecular weight is 304 g/mol. The Morgan fingerprint density at radius 3 is 2.57 bits per heavy atom. The van der Waals surface area contributed by atoms with Crippen LogP contribution in [0.5, 0.6) is 0 Å². The molecule has 2 rings (SSSR count). The quantitative estimate of drug-likeness (QED) is 0.846. The van der Waals surface area contributed by atoms with E-state index in [1.165, 1.54) is 6.07 Å². The van der Waals surface area contributed by atoms with E-state index >= 15 is 0 Å². The van der Waals surface area contributed by atoms with Crippen molar-refractivity contribution in [2.45, 2.75) is 25.9 Å². The first-order valence-electron chi connectivity index (χ1n) is 7.01. The Hall–Kier alpha value is -1.57. The second kappa shape index (κ2) is 6.93. The minimum Gasteiger partial charge on any atom is -0.381 e. The lowest BCUT2D eigenvalue weighted by molar-refractivity contribution is -0.144. The molecule has 0 aromatic carbocycles. The van der Waals surface area contributed by atoms with Crippen molar-refractivity contribution in [2.24, 2.45) is 5.92 Å². The summed E-state index contributed by atoms with van der Waals surface area (Å²) < 4.78 is 43.7. The van der Waals surface area contributed by atoms with Gasteiger partial charge in [0.25, 0.3) is 0 Å². The SMILES string of the molecule is CCCNc1cc(NCC2CCOC2)nc(C(F)(F)F)n1. The first kappa shape index (κ1) is 15.8. The minimum absolute atomic E-state index is 0.183. The van der Waals surface area contributed by atoms with Crippen molar-refractivity contribution in [3.63, 3.8) is 0 Å². The van der Waals surface area contributed by atoms with Gasteiger partial charge in [-0.1, -0.05) is 6.92 Å². The Labute approximate surface area is 121 Å². The van der Waals surface area contributed by atoms with Crippen molar-refractivity contribution in [2.75, 3.05) is 36.9 Å². The van der Waals surface area contributed by atoms with Crippen LogP contribution in [0.15, 0.2) is 6.07 Å². The molecule has 1 unspecified atom stereocenters. The fourth-order valence-corrected chi connectivity index (χ4v) is 2.00. The average Bonchev–Trinajstić information content (AvgIpc) is 2.95. The van der Waals surface area contributed by atoms with E-state index in [2.05, 4.69) is 20.6 Å². The summed E-state index contributed by atoms with van der Waals surface area (Å²) in [4.78, 5) is 7.06. The number of aromatic nitrogens is 2. The molecule has 1 aliphatic rings. The van der Waals surface area contributed by atoms with Crippen molar-refractivity contribution in [1.29, 1.82) is 0 Å². The molecule has 118 valence electrons. The van der Waals surface area contributed by atoms with E-state index in [-0.39, 0.29) is 11.6 Å². The van der Waals surface area contributed by atoms with Gasteiger partial charge in [-0.15, -0.1) is 0 Å². The van der Waals surface area contributed by atoms with Gasteiger partial charge in [0.15, 0.2) is 0 Å². The molecule has 1 atom stereocenters. The molecular formula is C13H19F3N4O. The number of ether oxygens (including phenoxy) is 1. The van der Waals surface area contributed by atoms with Crippen molar-refractivity contribution >= 4 is 11.6 Å². The number of nitrogens with zero attached hydrogens (tertiary/aromatic N) is 2. The lowest BCUT2D eigenvalue weighted by Gasteiger charge is -2.14. The third kappa shape index (κ3) is 4.73. The van der Waals surface area contributed by atoms with E-state index in [1.54, 1.807) is 0 Å². The Bertz CT molecular complexity index is 461. The van der Waals surface area contributed by atoms with Crippen LogP contribution in [0.1, 0.15) is 25.6 Å². The molecule has 2 heterocycles. The largest absolute Gasteiger partial charge is 0.451 e. The lowest BCUT2D eigenvalue weighted by Crippen LogP contribution is -2.18. The molecule has 0 aliphatic carbocycles. The summed E-state index contributed by atoms with van der Waals surface area (Å²) >= 11 is 0. The minimum atomic E-state index is -4.56. The third-order valence-electron chi connectivity index (χ3n) is 3.13. The summed E-state index contributed by atoms with van der Waals surface area (Å²) in [7, 11) is 0. The number of rotatable bonds is 6. The Morgan fingerprint density at radius 1 is 1.29 bits per heavy atom. The van der Waals surface area contributed by atoms with Crippen LogP contribution in [-0.2, 0) is 10.9 Å². The maximum absolute atomic E-state index is 12.8. The van der Waals surface area contributed by atoms with Gasteiger partial charge in [-0.2, -0.15) is 13.2 Å². The number of alkyl halides is 3. The number of halogens is 3. The predicted octanol–water partition coefficient (Wildman–Crippen LogP) is 2.77. The van der Waals surface area contributed by atoms with E-state index in [9.17, 15) is 13.2 Å². The van der Waals surface area contributed by atoms with Gasteiger partial charge in [-0.05, 0) is 12.8 Å². The van der Waals surface area contributed by atoms with Gasteiger partial charge in [0.2, 0.25) is 5.82 Å². The van der Waals surface area contributed by atoms with Crippen molar-refractivity contribution in [3.05, 3.63) is 11.9 Å². The summed E-state index contributed by atoms with van der Waals surface area (Å²) in [6.07, 6.45) is -2.85. The summed E-state index contributed by atoms with van der Waals surface area (Å²) in [5, 5.41) is 5.80. The third-order valence-corrected chi connectivity index (χ3v) is 3.13. The zero-order valence-electron chi connectivity index (χ0n) is 11.8. The number of hydrogen-bond donors (Lipinski definition) is 2. The number of nitrogens with one attached hydrogen (secondary N) is 2. The number of hydrogen-bond acceptors (Lipinski definition) is 5. The van der Waals surface area contributed by atoms with Gasteiger partial charge in [-0.3, -0.25) is 0 Å². The monoisotopic (exact) mass is 304 g/mol.